The summed E-state index contributed by atoms with van der Waals surface area (Å²) in [5.74, 6) is 1.73. The van der Waals surface area contributed by atoms with E-state index in [0.717, 1.165) is 35.8 Å². The van der Waals surface area contributed by atoms with Crippen molar-refractivity contribution in [1.29, 1.82) is 5.26 Å². The monoisotopic (exact) mass is 441 g/mol. The van der Waals surface area contributed by atoms with Gasteiger partial charge in [0.25, 0.3) is 0 Å². The predicted molar refractivity (Wildman–Crippen MR) is 135 cm³/mol. The molecule has 3 aromatic carbocycles. The second-order valence-corrected chi connectivity index (χ2v) is 9.66. The molecule has 0 unspecified atom stereocenters. The average molecular weight is 442 g/mol. The van der Waals surface area contributed by atoms with Gasteiger partial charge in [0.2, 0.25) is 0 Å². The third-order valence-electron chi connectivity index (χ3n) is 7.06. The minimum absolute atomic E-state index is 0.588. The summed E-state index contributed by atoms with van der Waals surface area (Å²) < 4.78 is 0. The van der Waals surface area contributed by atoms with E-state index in [0.29, 0.717) is 10.6 Å². The van der Waals surface area contributed by atoms with Crippen molar-refractivity contribution in [2.75, 3.05) is 0 Å². The Balaban J connectivity index is 1.32. The van der Waals surface area contributed by atoms with Crippen molar-refractivity contribution in [3.05, 3.63) is 94.0 Å². The molecule has 0 aliphatic heterocycles. The van der Waals surface area contributed by atoms with Gasteiger partial charge >= 0.3 is 0 Å². The van der Waals surface area contributed by atoms with E-state index in [-0.39, 0.29) is 0 Å². The highest BCUT2D eigenvalue weighted by Crippen LogP contribution is 2.37. The standard InChI is InChI=1S/C30H32ClN/c1-2-3-22-6-13-26(14-7-22)27-15-8-23(9-16-27)4-5-24-10-17-28(18-11-24)29-19-12-25(21-32)20-30(29)31/h8-12,15-20,22,26H,2-7,13-14H2,1H3/t22-,26-. The van der Waals surface area contributed by atoms with Crippen LogP contribution in [0, 0.1) is 17.2 Å². The van der Waals surface area contributed by atoms with Crippen LogP contribution in [0.4, 0.5) is 0 Å². The summed E-state index contributed by atoms with van der Waals surface area (Å²) in [4.78, 5) is 0. The molecule has 32 heavy (non-hydrogen) atoms. The van der Waals surface area contributed by atoms with Gasteiger partial charge in [0.1, 0.15) is 0 Å². The van der Waals surface area contributed by atoms with Gasteiger partial charge < -0.3 is 0 Å². The lowest BCUT2D eigenvalue weighted by atomic mass is 9.77. The van der Waals surface area contributed by atoms with Gasteiger partial charge in [-0.15, -0.1) is 0 Å². The van der Waals surface area contributed by atoms with Gasteiger partial charge in [-0.2, -0.15) is 5.26 Å². The molecule has 0 spiro atoms. The van der Waals surface area contributed by atoms with Crippen molar-refractivity contribution < 1.29 is 0 Å². The van der Waals surface area contributed by atoms with Gasteiger partial charge in [-0.3, -0.25) is 0 Å². The number of rotatable bonds is 7. The molecular formula is C30H32ClN. The van der Waals surface area contributed by atoms with E-state index < -0.39 is 0 Å². The van der Waals surface area contributed by atoms with Crippen LogP contribution in [0.25, 0.3) is 11.1 Å². The molecule has 1 aliphatic carbocycles. The zero-order valence-electron chi connectivity index (χ0n) is 19.0. The summed E-state index contributed by atoms with van der Waals surface area (Å²) in [6.45, 7) is 2.31. The van der Waals surface area contributed by atoms with Gasteiger partial charge in [-0.25, -0.2) is 0 Å². The van der Waals surface area contributed by atoms with Crippen LogP contribution in [0.2, 0.25) is 5.02 Å². The smallest absolute Gasteiger partial charge is 0.0992 e. The van der Waals surface area contributed by atoms with Crippen LogP contribution in [0.15, 0.2) is 66.7 Å². The van der Waals surface area contributed by atoms with Crippen LogP contribution >= 0.6 is 11.6 Å². The lowest BCUT2D eigenvalue weighted by molar-refractivity contribution is 0.308. The first-order valence-corrected chi connectivity index (χ1v) is 12.4. The third-order valence-corrected chi connectivity index (χ3v) is 7.37. The number of benzene rings is 3. The fourth-order valence-electron chi connectivity index (χ4n) is 5.11. The largest absolute Gasteiger partial charge is 0.192 e. The van der Waals surface area contributed by atoms with Crippen LogP contribution < -0.4 is 0 Å². The first kappa shape index (κ1) is 22.6. The highest BCUT2D eigenvalue weighted by molar-refractivity contribution is 6.33. The van der Waals surface area contributed by atoms with Gasteiger partial charge in [-0.05, 0) is 84.7 Å². The molecule has 1 aliphatic rings. The molecule has 0 aromatic heterocycles. The van der Waals surface area contributed by atoms with Crippen molar-refractivity contribution in [3.63, 3.8) is 0 Å². The fraction of sp³-hybridized carbons (Fsp3) is 0.367. The maximum atomic E-state index is 9.01. The quantitative estimate of drug-likeness (QED) is 0.359. The first-order chi connectivity index (χ1) is 15.7. The molecule has 0 radical (unpaired) electrons. The second kappa shape index (κ2) is 10.8. The Morgan fingerprint density at radius 2 is 1.47 bits per heavy atom. The van der Waals surface area contributed by atoms with Crippen molar-refractivity contribution in [3.8, 4) is 17.2 Å². The van der Waals surface area contributed by atoms with E-state index in [1.54, 1.807) is 6.07 Å². The topological polar surface area (TPSA) is 23.8 Å². The minimum Gasteiger partial charge on any atom is -0.192 e. The zero-order chi connectivity index (χ0) is 22.3. The van der Waals surface area contributed by atoms with Crippen LogP contribution in [0.5, 0.6) is 0 Å². The number of hydrogen-bond acceptors (Lipinski definition) is 1. The lowest BCUT2D eigenvalue weighted by Gasteiger charge is -2.28. The van der Waals surface area contributed by atoms with Gasteiger partial charge in [0.15, 0.2) is 0 Å². The van der Waals surface area contributed by atoms with E-state index in [2.05, 4.69) is 61.5 Å². The first-order valence-electron chi connectivity index (χ1n) is 12.0. The molecule has 0 atom stereocenters. The van der Waals surface area contributed by atoms with Crippen LogP contribution in [-0.4, -0.2) is 0 Å². The zero-order valence-corrected chi connectivity index (χ0v) is 19.7. The Kier molecular flexibility index (Phi) is 7.67. The summed E-state index contributed by atoms with van der Waals surface area (Å²) in [5.41, 5.74) is 6.92. The molecule has 1 nitrogen and oxygen atoms in total. The minimum atomic E-state index is 0.588. The molecule has 1 fully saturated rings. The number of nitriles is 1. The van der Waals surface area contributed by atoms with Crippen molar-refractivity contribution in [2.24, 2.45) is 5.92 Å². The highest BCUT2D eigenvalue weighted by Gasteiger charge is 2.21. The van der Waals surface area contributed by atoms with Crippen molar-refractivity contribution >= 4 is 11.6 Å². The van der Waals surface area contributed by atoms with E-state index in [1.807, 2.05) is 12.1 Å². The van der Waals surface area contributed by atoms with E-state index in [4.69, 9.17) is 16.9 Å². The Bertz CT molecular complexity index is 1050. The average Bonchev–Trinajstić information content (AvgIpc) is 2.84. The van der Waals surface area contributed by atoms with Gasteiger partial charge in [-0.1, -0.05) is 86.0 Å². The van der Waals surface area contributed by atoms with E-state index in [1.165, 1.54) is 55.2 Å². The number of nitrogens with zero attached hydrogens (tertiary/aromatic N) is 1. The molecule has 3 aromatic rings. The Hall–Kier alpha value is -2.56. The number of hydrogen-bond donors (Lipinski definition) is 0. The van der Waals surface area contributed by atoms with Gasteiger partial charge in [0, 0.05) is 10.6 Å². The van der Waals surface area contributed by atoms with Crippen molar-refractivity contribution in [1.82, 2.24) is 0 Å². The van der Waals surface area contributed by atoms with Crippen LogP contribution in [-0.2, 0) is 12.8 Å². The van der Waals surface area contributed by atoms with Crippen LogP contribution in [0.1, 0.15) is 73.6 Å². The Morgan fingerprint density at radius 1 is 0.844 bits per heavy atom. The SMILES string of the molecule is CCC[C@H]1CC[C@H](c2ccc(CCc3ccc(-c4ccc(C#N)cc4Cl)cc3)cc2)CC1. The maximum absolute atomic E-state index is 9.01. The summed E-state index contributed by atoms with van der Waals surface area (Å²) in [5, 5.41) is 9.63. The fourth-order valence-corrected chi connectivity index (χ4v) is 5.40. The molecule has 0 bridgehead atoms. The predicted octanol–water partition coefficient (Wildman–Crippen LogP) is 8.74. The molecule has 0 N–H and O–H groups in total. The van der Waals surface area contributed by atoms with Gasteiger partial charge in [0.05, 0.1) is 11.6 Å². The van der Waals surface area contributed by atoms with Crippen molar-refractivity contribution in [2.45, 2.75) is 64.2 Å². The molecule has 164 valence electrons. The number of halogens is 1. The normalized spacial score (nSPS) is 18.3. The van der Waals surface area contributed by atoms with Crippen LogP contribution in [0.3, 0.4) is 0 Å². The third kappa shape index (κ3) is 5.62. The van der Waals surface area contributed by atoms with E-state index >= 15 is 0 Å². The molecule has 2 heteroatoms. The summed E-state index contributed by atoms with van der Waals surface area (Å²) in [7, 11) is 0. The summed E-state index contributed by atoms with van der Waals surface area (Å²) in [6, 6.07) is 25.6. The molecule has 1 saturated carbocycles. The molecule has 0 amide bonds. The molecule has 4 rings (SSSR count). The summed E-state index contributed by atoms with van der Waals surface area (Å²) >= 11 is 6.36. The Labute approximate surface area is 198 Å². The Morgan fingerprint density at radius 3 is 2.03 bits per heavy atom. The summed E-state index contributed by atoms with van der Waals surface area (Å²) in [6.07, 6.45) is 10.4. The van der Waals surface area contributed by atoms with E-state index in [9.17, 15) is 0 Å². The molecular weight excluding hydrogens is 410 g/mol. The maximum Gasteiger partial charge on any atom is 0.0992 e. The molecule has 0 heterocycles. The second-order valence-electron chi connectivity index (χ2n) is 9.25. The molecule has 0 saturated heterocycles. The lowest BCUT2D eigenvalue weighted by Crippen LogP contribution is -2.13. The number of aryl methyl sites for hydroxylation is 2. The highest BCUT2D eigenvalue weighted by atomic mass is 35.5.